The monoisotopic (exact) mass is 710 g/mol. The molecule has 11 heteroatoms. The van der Waals surface area contributed by atoms with Gasteiger partial charge in [0.05, 0.1) is 12.9 Å². The number of halogens is 2. The average Bonchev–Trinajstić information content (AvgIpc) is 3.04. The second kappa shape index (κ2) is 27.6. The van der Waals surface area contributed by atoms with Crippen LogP contribution >= 0.6 is 23.2 Å². The summed E-state index contributed by atoms with van der Waals surface area (Å²) in [6.07, 6.45) is 15.1. The van der Waals surface area contributed by atoms with Crippen molar-refractivity contribution < 1.29 is 53.4 Å². The molecule has 0 spiro atoms. The van der Waals surface area contributed by atoms with E-state index in [0.717, 1.165) is 62.3 Å². The summed E-state index contributed by atoms with van der Waals surface area (Å²) in [6, 6.07) is 15.6. The SMILES string of the molecule is CS(=O)(=O)OCCCc1ccc(Cl)cc1.Clc1ccc(CCCOCCCN2CCCCC2)cc1.OCCCN1CCCCC1.[H-].[Na+]. The summed E-state index contributed by atoms with van der Waals surface area (Å²) in [6.45, 7) is 9.71. The third-order valence-corrected chi connectivity index (χ3v) is 8.88. The molecule has 46 heavy (non-hydrogen) atoms. The topological polar surface area (TPSA) is 79.3 Å². The standard InChI is InChI=1S/C17H26ClNO.C10H13ClO3S.C8H17NO.Na.H/c18-17-9-7-16(8-10-17)6-4-14-20-15-5-13-19-11-2-1-3-12-19;1-15(12,13)14-8-2-3-9-4-6-10(11)7-5-9;10-8-4-7-9-5-2-1-3-6-9;;/h7-10H,1-6,11-15H2;4-7H,2-3,8H2,1H3;10H,1-8H2;;/q;;;+1;-1. The number of piperidine rings is 2. The van der Waals surface area contributed by atoms with E-state index in [9.17, 15) is 8.42 Å². The van der Waals surface area contributed by atoms with Gasteiger partial charge in [-0.2, -0.15) is 8.42 Å². The van der Waals surface area contributed by atoms with E-state index >= 15 is 0 Å². The maximum absolute atomic E-state index is 10.6. The summed E-state index contributed by atoms with van der Waals surface area (Å²) in [5.41, 5.74) is 2.46. The van der Waals surface area contributed by atoms with Crippen LogP contribution in [0.25, 0.3) is 0 Å². The van der Waals surface area contributed by atoms with E-state index in [1.165, 1.54) is 83.2 Å². The van der Waals surface area contributed by atoms with E-state index < -0.39 is 10.1 Å². The van der Waals surface area contributed by atoms with Crippen LogP contribution in [-0.4, -0.2) is 95.3 Å². The molecule has 0 aliphatic carbocycles. The third-order valence-electron chi connectivity index (χ3n) is 7.78. The molecule has 0 radical (unpaired) electrons. The van der Waals surface area contributed by atoms with Gasteiger partial charge in [-0.3, -0.25) is 4.18 Å². The van der Waals surface area contributed by atoms with Crippen LogP contribution in [0.3, 0.4) is 0 Å². The Kier molecular flexibility index (Phi) is 26.3. The van der Waals surface area contributed by atoms with Gasteiger partial charge in [-0.25, -0.2) is 0 Å². The number of benzene rings is 2. The van der Waals surface area contributed by atoms with Crippen LogP contribution in [-0.2, 0) is 31.9 Å². The summed E-state index contributed by atoms with van der Waals surface area (Å²) in [4.78, 5) is 5.01. The van der Waals surface area contributed by atoms with Crippen molar-refractivity contribution in [3.8, 4) is 0 Å². The maximum Gasteiger partial charge on any atom is 1.00 e. The number of nitrogens with zero attached hydrogens (tertiary/aromatic N) is 2. The fourth-order valence-corrected chi connectivity index (χ4v) is 5.99. The van der Waals surface area contributed by atoms with Crippen molar-refractivity contribution in [3.63, 3.8) is 0 Å². The molecule has 0 amide bonds. The van der Waals surface area contributed by atoms with E-state index in [-0.39, 0.29) is 37.6 Å². The van der Waals surface area contributed by atoms with E-state index in [1.54, 1.807) is 0 Å². The van der Waals surface area contributed by atoms with Gasteiger partial charge < -0.3 is 21.1 Å². The van der Waals surface area contributed by atoms with Crippen LogP contribution in [0.15, 0.2) is 48.5 Å². The van der Waals surface area contributed by atoms with E-state index in [2.05, 4.69) is 26.1 Å². The molecule has 4 rings (SSSR count). The summed E-state index contributed by atoms with van der Waals surface area (Å²) in [7, 11) is -3.31. The summed E-state index contributed by atoms with van der Waals surface area (Å²) in [5.74, 6) is 0. The molecule has 2 aliphatic rings. The predicted octanol–water partition coefficient (Wildman–Crippen LogP) is 4.39. The van der Waals surface area contributed by atoms with Crippen molar-refractivity contribution in [1.82, 2.24) is 9.80 Å². The first-order valence-corrected chi connectivity index (χ1v) is 19.3. The first-order valence-electron chi connectivity index (χ1n) is 16.7. The number of hydrogen-bond acceptors (Lipinski definition) is 7. The molecule has 1 N–H and O–H groups in total. The second-order valence-electron chi connectivity index (χ2n) is 11.8. The Labute approximate surface area is 313 Å². The van der Waals surface area contributed by atoms with Crippen molar-refractivity contribution in [1.29, 1.82) is 0 Å². The Bertz CT molecular complexity index is 1110. The van der Waals surface area contributed by atoms with Crippen LogP contribution in [0.1, 0.15) is 76.8 Å². The fourth-order valence-electron chi connectivity index (χ4n) is 5.32. The Hall–Kier alpha value is -0.230. The zero-order valence-corrected chi connectivity index (χ0v) is 32.6. The zero-order chi connectivity index (χ0) is 32.6. The van der Waals surface area contributed by atoms with Crippen molar-refractivity contribution in [2.45, 2.75) is 77.0 Å². The Morgan fingerprint density at radius 3 is 1.52 bits per heavy atom. The third kappa shape index (κ3) is 24.0. The number of aliphatic hydroxyl groups is 1. The number of hydrogen-bond donors (Lipinski definition) is 1. The van der Waals surface area contributed by atoms with Crippen LogP contribution in [0.2, 0.25) is 10.0 Å². The quantitative estimate of drug-likeness (QED) is 0.157. The molecular formula is C35H57Cl2N2NaO5S. The number of aryl methyl sites for hydroxylation is 2. The zero-order valence-electron chi connectivity index (χ0n) is 29.3. The minimum Gasteiger partial charge on any atom is -1.00 e. The first kappa shape index (κ1) is 43.8. The summed E-state index contributed by atoms with van der Waals surface area (Å²) < 4.78 is 31.6. The van der Waals surface area contributed by atoms with Gasteiger partial charge in [-0.15, -0.1) is 0 Å². The molecule has 2 heterocycles. The van der Waals surface area contributed by atoms with Crippen LogP contribution < -0.4 is 29.6 Å². The molecule has 2 aromatic carbocycles. The molecule has 0 atom stereocenters. The predicted molar refractivity (Wildman–Crippen MR) is 189 cm³/mol. The van der Waals surface area contributed by atoms with Crippen molar-refractivity contribution in [2.24, 2.45) is 0 Å². The van der Waals surface area contributed by atoms with E-state index in [1.807, 2.05) is 36.4 Å². The Balaban J connectivity index is 0.000000698. The van der Waals surface area contributed by atoms with Gasteiger partial charge in [0.2, 0.25) is 0 Å². The van der Waals surface area contributed by atoms with Gasteiger partial charge >= 0.3 is 29.6 Å². The van der Waals surface area contributed by atoms with Gasteiger partial charge in [0, 0.05) is 43.0 Å². The molecule has 0 bridgehead atoms. The molecule has 2 aromatic rings. The number of aliphatic hydroxyl groups excluding tert-OH is 1. The van der Waals surface area contributed by atoms with Crippen LogP contribution in [0, 0.1) is 0 Å². The summed E-state index contributed by atoms with van der Waals surface area (Å²) in [5, 5.41) is 10.1. The Morgan fingerprint density at radius 1 is 0.674 bits per heavy atom. The van der Waals surface area contributed by atoms with Gasteiger partial charge in [0.1, 0.15) is 0 Å². The molecule has 2 aliphatic heterocycles. The molecule has 7 nitrogen and oxygen atoms in total. The van der Waals surface area contributed by atoms with E-state index in [0.29, 0.717) is 18.1 Å². The maximum atomic E-state index is 10.6. The molecule has 2 saturated heterocycles. The first-order chi connectivity index (χ1) is 21.7. The van der Waals surface area contributed by atoms with Crippen molar-refractivity contribution in [2.75, 3.05) is 72.0 Å². The molecular weight excluding hydrogens is 654 g/mol. The molecule has 0 unspecified atom stereocenters. The van der Waals surface area contributed by atoms with Crippen LogP contribution in [0.4, 0.5) is 0 Å². The van der Waals surface area contributed by atoms with Gasteiger partial charge in [0.15, 0.2) is 0 Å². The molecule has 0 saturated carbocycles. The van der Waals surface area contributed by atoms with Crippen molar-refractivity contribution >= 4 is 33.3 Å². The largest absolute Gasteiger partial charge is 1.00 e. The number of likely N-dealkylation sites (tertiary alicyclic amines) is 2. The second-order valence-corrected chi connectivity index (χ2v) is 14.4. The average molecular weight is 712 g/mol. The van der Waals surface area contributed by atoms with Crippen LogP contribution in [0.5, 0.6) is 0 Å². The summed E-state index contributed by atoms with van der Waals surface area (Å²) >= 11 is 11.6. The van der Waals surface area contributed by atoms with Gasteiger partial charge in [0.25, 0.3) is 10.1 Å². The molecule has 258 valence electrons. The normalized spacial score (nSPS) is 15.6. The Morgan fingerprint density at radius 2 is 1.09 bits per heavy atom. The van der Waals surface area contributed by atoms with Gasteiger partial charge in [-0.05, 0) is 126 Å². The van der Waals surface area contributed by atoms with Gasteiger partial charge in [-0.1, -0.05) is 60.3 Å². The molecule has 0 aromatic heterocycles. The van der Waals surface area contributed by atoms with Crippen molar-refractivity contribution in [3.05, 3.63) is 69.7 Å². The van der Waals surface area contributed by atoms with E-state index in [4.69, 9.17) is 33.0 Å². The number of ether oxygens (including phenoxy) is 1. The molecule has 2 fully saturated rings. The smallest absolute Gasteiger partial charge is 1.00 e. The minimum atomic E-state index is -3.31. The fraction of sp³-hybridized carbons (Fsp3) is 0.657. The minimum absolute atomic E-state index is 0. The number of rotatable bonds is 16.